The summed E-state index contributed by atoms with van der Waals surface area (Å²) in [7, 11) is 0. The number of benzene rings is 1. The van der Waals surface area contributed by atoms with Crippen LogP contribution < -0.4 is 5.32 Å². The van der Waals surface area contributed by atoms with Gasteiger partial charge in [-0.2, -0.15) is 0 Å². The smallest absolute Gasteiger partial charge is 0.0345 e. The van der Waals surface area contributed by atoms with E-state index in [1.165, 1.54) is 29.3 Å². The summed E-state index contributed by atoms with van der Waals surface area (Å²) in [5, 5.41) is 7.52. The molecule has 0 spiro atoms. The first-order valence-corrected chi connectivity index (χ1v) is 8.06. The summed E-state index contributed by atoms with van der Waals surface area (Å²) in [4.78, 5) is 0. The van der Waals surface area contributed by atoms with Crippen LogP contribution in [0.1, 0.15) is 39.2 Å². The maximum atomic E-state index is 3.69. The SMILES string of the molecule is CC(C)(C)NCC1(Cc2csc3ccccc23)CC1. The molecule has 0 saturated heterocycles. The van der Waals surface area contributed by atoms with Crippen molar-refractivity contribution < 1.29 is 0 Å². The molecule has 1 fully saturated rings. The molecule has 1 heterocycles. The molecule has 1 aliphatic rings. The van der Waals surface area contributed by atoms with Gasteiger partial charge in [-0.15, -0.1) is 11.3 Å². The summed E-state index contributed by atoms with van der Waals surface area (Å²) in [6.45, 7) is 7.91. The Kier molecular flexibility index (Phi) is 3.18. The number of hydrogen-bond acceptors (Lipinski definition) is 2. The van der Waals surface area contributed by atoms with Gasteiger partial charge in [-0.3, -0.25) is 0 Å². The summed E-state index contributed by atoms with van der Waals surface area (Å²) in [6, 6.07) is 8.80. The second-order valence-corrected chi connectivity index (χ2v) is 7.95. The standard InChI is InChI=1S/C17H23NS/c1-16(2,3)18-12-17(8-9-17)10-13-11-19-15-7-5-4-6-14(13)15/h4-7,11,18H,8-10,12H2,1-3H3. The van der Waals surface area contributed by atoms with Gasteiger partial charge in [0.2, 0.25) is 0 Å². The van der Waals surface area contributed by atoms with E-state index in [-0.39, 0.29) is 5.54 Å². The van der Waals surface area contributed by atoms with Crippen molar-refractivity contribution in [1.82, 2.24) is 5.32 Å². The van der Waals surface area contributed by atoms with Gasteiger partial charge in [0, 0.05) is 16.8 Å². The molecule has 0 amide bonds. The van der Waals surface area contributed by atoms with E-state index in [1.54, 1.807) is 5.56 Å². The molecule has 1 aliphatic carbocycles. The first kappa shape index (κ1) is 13.1. The maximum absolute atomic E-state index is 3.69. The molecular weight excluding hydrogens is 250 g/mol. The Balaban J connectivity index is 1.74. The molecule has 1 N–H and O–H groups in total. The molecule has 1 aromatic carbocycles. The molecule has 1 aromatic heterocycles. The van der Waals surface area contributed by atoms with Crippen LogP contribution in [-0.4, -0.2) is 12.1 Å². The minimum absolute atomic E-state index is 0.228. The Morgan fingerprint density at radius 3 is 2.63 bits per heavy atom. The number of thiophene rings is 1. The van der Waals surface area contributed by atoms with Crippen LogP contribution in [0.2, 0.25) is 0 Å². The van der Waals surface area contributed by atoms with Gasteiger partial charge >= 0.3 is 0 Å². The number of hydrogen-bond donors (Lipinski definition) is 1. The van der Waals surface area contributed by atoms with Gasteiger partial charge in [-0.05, 0) is 67.8 Å². The molecule has 1 nitrogen and oxygen atoms in total. The lowest BCUT2D eigenvalue weighted by atomic mass is 9.95. The first-order chi connectivity index (χ1) is 8.98. The van der Waals surface area contributed by atoms with Crippen molar-refractivity contribution >= 4 is 21.4 Å². The number of nitrogens with one attached hydrogen (secondary N) is 1. The van der Waals surface area contributed by atoms with Crippen molar-refractivity contribution in [2.24, 2.45) is 5.41 Å². The molecule has 19 heavy (non-hydrogen) atoms. The van der Waals surface area contributed by atoms with E-state index in [4.69, 9.17) is 0 Å². The highest BCUT2D eigenvalue weighted by Gasteiger charge is 2.43. The van der Waals surface area contributed by atoms with Crippen molar-refractivity contribution in [2.75, 3.05) is 6.54 Å². The quantitative estimate of drug-likeness (QED) is 0.857. The van der Waals surface area contributed by atoms with Crippen molar-refractivity contribution in [3.8, 4) is 0 Å². The maximum Gasteiger partial charge on any atom is 0.0345 e. The summed E-state index contributed by atoms with van der Waals surface area (Å²) >= 11 is 1.89. The van der Waals surface area contributed by atoms with Gasteiger partial charge in [-0.1, -0.05) is 18.2 Å². The molecular formula is C17H23NS. The third-order valence-electron chi connectivity index (χ3n) is 4.08. The molecule has 2 aromatic rings. The van der Waals surface area contributed by atoms with Gasteiger partial charge in [0.25, 0.3) is 0 Å². The summed E-state index contributed by atoms with van der Waals surface area (Å²) in [6.07, 6.45) is 3.99. The second kappa shape index (κ2) is 4.60. The molecule has 3 rings (SSSR count). The van der Waals surface area contributed by atoms with E-state index in [9.17, 15) is 0 Å². The zero-order valence-electron chi connectivity index (χ0n) is 12.1. The van der Waals surface area contributed by atoms with Crippen molar-refractivity contribution in [1.29, 1.82) is 0 Å². The van der Waals surface area contributed by atoms with Crippen LogP contribution in [-0.2, 0) is 6.42 Å². The molecule has 102 valence electrons. The van der Waals surface area contributed by atoms with E-state index in [0.717, 1.165) is 6.54 Å². The van der Waals surface area contributed by atoms with Crippen molar-refractivity contribution in [3.63, 3.8) is 0 Å². The highest BCUT2D eigenvalue weighted by atomic mass is 32.1. The van der Waals surface area contributed by atoms with E-state index >= 15 is 0 Å². The third kappa shape index (κ3) is 3.01. The molecule has 0 radical (unpaired) electrons. The predicted octanol–water partition coefficient (Wildman–Crippen LogP) is 4.61. The topological polar surface area (TPSA) is 12.0 Å². The highest BCUT2D eigenvalue weighted by molar-refractivity contribution is 7.17. The Bertz CT molecular complexity index is 572. The number of rotatable bonds is 4. The lowest BCUT2D eigenvalue weighted by molar-refractivity contribution is 0.357. The molecule has 0 bridgehead atoms. The van der Waals surface area contributed by atoms with Crippen LogP contribution in [0.4, 0.5) is 0 Å². The van der Waals surface area contributed by atoms with Crippen molar-refractivity contribution in [3.05, 3.63) is 35.2 Å². The summed E-state index contributed by atoms with van der Waals surface area (Å²) in [5.41, 5.74) is 2.30. The Morgan fingerprint density at radius 1 is 1.21 bits per heavy atom. The minimum atomic E-state index is 0.228. The fourth-order valence-corrected chi connectivity index (χ4v) is 3.58. The lowest BCUT2D eigenvalue weighted by Gasteiger charge is -2.25. The van der Waals surface area contributed by atoms with Crippen LogP contribution in [0.25, 0.3) is 10.1 Å². The van der Waals surface area contributed by atoms with Crippen LogP contribution in [0, 0.1) is 5.41 Å². The van der Waals surface area contributed by atoms with Crippen LogP contribution in [0.3, 0.4) is 0 Å². The van der Waals surface area contributed by atoms with Crippen LogP contribution >= 0.6 is 11.3 Å². The van der Waals surface area contributed by atoms with Crippen molar-refractivity contribution in [2.45, 2.75) is 45.6 Å². The monoisotopic (exact) mass is 273 g/mol. The molecule has 0 atom stereocenters. The Labute approximate surface area is 120 Å². The Morgan fingerprint density at radius 2 is 1.95 bits per heavy atom. The summed E-state index contributed by atoms with van der Waals surface area (Å²) in [5.74, 6) is 0. The van der Waals surface area contributed by atoms with Gasteiger partial charge in [0.15, 0.2) is 0 Å². The van der Waals surface area contributed by atoms with Gasteiger partial charge in [-0.25, -0.2) is 0 Å². The predicted molar refractivity (Wildman–Crippen MR) is 85.0 cm³/mol. The zero-order valence-corrected chi connectivity index (χ0v) is 12.9. The normalized spacial score (nSPS) is 17.8. The molecule has 1 saturated carbocycles. The lowest BCUT2D eigenvalue weighted by Crippen LogP contribution is -2.40. The van der Waals surface area contributed by atoms with Gasteiger partial charge < -0.3 is 5.32 Å². The first-order valence-electron chi connectivity index (χ1n) is 7.18. The molecule has 0 aliphatic heterocycles. The van der Waals surface area contributed by atoms with E-state index in [1.807, 2.05) is 11.3 Å². The summed E-state index contributed by atoms with van der Waals surface area (Å²) < 4.78 is 1.43. The fourth-order valence-electron chi connectivity index (χ4n) is 2.62. The van der Waals surface area contributed by atoms with E-state index < -0.39 is 0 Å². The average molecular weight is 273 g/mol. The van der Waals surface area contributed by atoms with Crippen LogP contribution in [0.5, 0.6) is 0 Å². The largest absolute Gasteiger partial charge is 0.312 e. The van der Waals surface area contributed by atoms with Gasteiger partial charge in [0.05, 0.1) is 0 Å². The van der Waals surface area contributed by atoms with E-state index in [2.05, 4.69) is 55.7 Å². The second-order valence-electron chi connectivity index (χ2n) is 7.04. The van der Waals surface area contributed by atoms with E-state index in [0.29, 0.717) is 5.41 Å². The Hall–Kier alpha value is -0.860. The van der Waals surface area contributed by atoms with Gasteiger partial charge in [0.1, 0.15) is 0 Å². The van der Waals surface area contributed by atoms with Crippen LogP contribution in [0.15, 0.2) is 29.6 Å². The highest BCUT2D eigenvalue weighted by Crippen LogP contribution is 2.49. The zero-order chi connectivity index (χ0) is 13.5. The fraction of sp³-hybridized carbons (Fsp3) is 0.529. The number of fused-ring (bicyclic) bond motifs is 1. The molecule has 0 unspecified atom stereocenters. The minimum Gasteiger partial charge on any atom is -0.312 e. The third-order valence-corrected chi connectivity index (χ3v) is 5.09. The molecule has 2 heteroatoms. The average Bonchev–Trinajstić information content (AvgIpc) is 3.01.